The van der Waals surface area contributed by atoms with E-state index in [-0.39, 0.29) is 12.5 Å². The lowest BCUT2D eigenvalue weighted by Gasteiger charge is -2.12. The molecular formula is C18H20ClN3O2S. The van der Waals surface area contributed by atoms with Crippen LogP contribution < -0.4 is 20.9 Å². The molecule has 0 bridgehead atoms. The fourth-order valence-electron chi connectivity index (χ4n) is 2.03. The van der Waals surface area contributed by atoms with Gasteiger partial charge in [0.1, 0.15) is 5.75 Å². The summed E-state index contributed by atoms with van der Waals surface area (Å²) in [5, 5.41) is 4.07. The van der Waals surface area contributed by atoms with Crippen molar-refractivity contribution < 1.29 is 9.53 Å². The van der Waals surface area contributed by atoms with Gasteiger partial charge in [-0.25, -0.2) is 0 Å². The van der Waals surface area contributed by atoms with Gasteiger partial charge in [-0.3, -0.25) is 15.6 Å². The number of rotatable bonds is 6. The van der Waals surface area contributed by atoms with E-state index in [1.165, 1.54) is 0 Å². The van der Waals surface area contributed by atoms with Crippen molar-refractivity contribution in [2.75, 3.05) is 13.2 Å². The topological polar surface area (TPSA) is 62.4 Å². The van der Waals surface area contributed by atoms with Gasteiger partial charge >= 0.3 is 0 Å². The molecule has 0 aliphatic carbocycles. The normalized spacial score (nSPS) is 10.0. The predicted octanol–water partition coefficient (Wildman–Crippen LogP) is 2.77. The van der Waals surface area contributed by atoms with Crippen molar-refractivity contribution in [1.29, 1.82) is 0 Å². The first-order valence-electron chi connectivity index (χ1n) is 7.79. The van der Waals surface area contributed by atoms with Gasteiger partial charge in [0.15, 0.2) is 11.7 Å². The van der Waals surface area contributed by atoms with Crippen LogP contribution in [0.15, 0.2) is 48.5 Å². The summed E-state index contributed by atoms with van der Waals surface area (Å²) < 4.78 is 5.40. The van der Waals surface area contributed by atoms with Crippen molar-refractivity contribution in [3.8, 4) is 5.75 Å². The molecule has 5 nitrogen and oxygen atoms in total. The second-order valence-electron chi connectivity index (χ2n) is 5.41. The molecule has 2 aromatic rings. The number of halogens is 1. The second kappa shape index (κ2) is 9.86. The Morgan fingerprint density at radius 1 is 1.16 bits per heavy atom. The van der Waals surface area contributed by atoms with Crippen molar-refractivity contribution in [1.82, 2.24) is 16.2 Å². The lowest BCUT2D eigenvalue weighted by Crippen LogP contribution is -2.48. The molecule has 2 rings (SSSR count). The fourth-order valence-corrected chi connectivity index (χ4v) is 2.31. The van der Waals surface area contributed by atoms with E-state index in [0.29, 0.717) is 22.4 Å². The summed E-state index contributed by atoms with van der Waals surface area (Å²) in [6.45, 7) is 2.51. The van der Waals surface area contributed by atoms with Crippen molar-refractivity contribution >= 4 is 34.8 Å². The lowest BCUT2D eigenvalue weighted by atomic mass is 10.1. The maximum atomic E-state index is 11.7. The minimum absolute atomic E-state index is 0.0934. The Morgan fingerprint density at radius 2 is 1.92 bits per heavy atom. The molecule has 0 spiro atoms. The Kier molecular flexibility index (Phi) is 7.50. The molecule has 1 amide bonds. The highest BCUT2D eigenvalue weighted by Gasteiger charge is 2.03. The molecule has 0 aliphatic rings. The second-order valence-corrected chi connectivity index (χ2v) is 6.26. The lowest BCUT2D eigenvalue weighted by molar-refractivity contribution is -0.123. The molecule has 0 heterocycles. The first kappa shape index (κ1) is 19.0. The largest absolute Gasteiger partial charge is 0.484 e. The molecule has 7 heteroatoms. The number of ether oxygens (including phenoxy) is 1. The number of carbonyl (C=O) groups is 1. The smallest absolute Gasteiger partial charge is 0.276 e. The Bertz CT molecular complexity index is 723. The average Bonchev–Trinajstić information content (AvgIpc) is 2.60. The van der Waals surface area contributed by atoms with E-state index in [2.05, 4.69) is 16.2 Å². The molecule has 0 unspecified atom stereocenters. The van der Waals surface area contributed by atoms with Crippen LogP contribution in [0.1, 0.15) is 11.1 Å². The van der Waals surface area contributed by atoms with Crippen molar-refractivity contribution in [2.45, 2.75) is 13.3 Å². The van der Waals surface area contributed by atoms with Crippen molar-refractivity contribution in [3.05, 3.63) is 64.7 Å². The highest BCUT2D eigenvalue weighted by Crippen LogP contribution is 2.12. The third-order valence-corrected chi connectivity index (χ3v) is 3.79. The van der Waals surface area contributed by atoms with E-state index in [0.717, 1.165) is 17.5 Å². The third kappa shape index (κ3) is 7.41. The van der Waals surface area contributed by atoms with E-state index in [4.69, 9.17) is 28.6 Å². The maximum Gasteiger partial charge on any atom is 0.276 e. The first-order valence-corrected chi connectivity index (χ1v) is 8.58. The highest BCUT2D eigenvalue weighted by molar-refractivity contribution is 7.80. The zero-order valence-electron chi connectivity index (χ0n) is 13.8. The summed E-state index contributed by atoms with van der Waals surface area (Å²) in [5.41, 5.74) is 7.35. The Balaban J connectivity index is 1.60. The number of carbonyl (C=O) groups excluding carboxylic acids is 1. The fraction of sp³-hybridized carbons (Fsp3) is 0.222. The molecule has 0 atom stereocenters. The van der Waals surface area contributed by atoms with E-state index in [9.17, 15) is 4.79 Å². The summed E-state index contributed by atoms with van der Waals surface area (Å²) in [7, 11) is 0. The van der Waals surface area contributed by atoms with Gasteiger partial charge in [-0.15, -0.1) is 0 Å². The van der Waals surface area contributed by atoms with Gasteiger partial charge in [0, 0.05) is 11.6 Å². The standard InChI is InChI=1S/C18H20ClN3O2S/c1-13-3-2-4-16(11-13)24-12-17(23)21-22-18(25)20-10-9-14-5-7-15(19)8-6-14/h2-8,11H,9-10,12H2,1H3,(H,21,23)(H2,20,22,25). The molecule has 0 radical (unpaired) electrons. The number of hydrogen-bond donors (Lipinski definition) is 3. The SMILES string of the molecule is Cc1cccc(OCC(=O)NNC(=S)NCCc2ccc(Cl)cc2)c1. The van der Waals surface area contributed by atoms with Gasteiger partial charge in [0.2, 0.25) is 0 Å². The minimum Gasteiger partial charge on any atom is -0.484 e. The molecule has 0 aliphatic heterocycles. The van der Waals surface area contributed by atoms with Crippen LogP contribution in [0.3, 0.4) is 0 Å². The number of aryl methyl sites for hydroxylation is 1. The van der Waals surface area contributed by atoms with Crippen LogP contribution >= 0.6 is 23.8 Å². The van der Waals surface area contributed by atoms with E-state index >= 15 is 0 Å². The number of thiocarbonyl (C=S) groups is 1. The number of nitrogens with one attached hydrogen (secondary N) is 3. The summed E-state index contributed by atoms with van der Waals surface area (Å²) in [6, 6.07) is 15.1. The van der Waals surface area contributed by atoms with Crippen LogP contribution in [-0.4, -0.2) is 24.2 Å². The summed E-state index contributed by atoms with van der Waals surface area (Å²) in [6.07, 6.45) is 0.795. The van der Waals surface area contributed by atoms with Crippen LogP contribution in [0, 0.1) is 6.92 Å². The number of amides is 1. The van der Waals surface area contributed by atoms with Gasteiger partial charge in [-0.05, 0) is 61.0 Å². The van der Waals surface area contributed by atoms with Gasteiger partial charge in [0.05, 0.1) is 0 Å². The van der Waals surface area contributed by atoms with Crippen LogP contribution in [-0.2, 0) is 11.2 Å². The summed E-state index contributed by atoms with van der Waals surface area (Å²) in [4.78, 5) is 11.7. The molecular weight excluding hydrogens is 358 g/mol. The van der Waals surface area contributed by atoms with Gasteiger partial charge in [-0.2, -0.15) is 0 Å². The van der Waals surface area contributed by atoms with Crippen LogP contribution in [0.25, 0.3) is 0 Å². The first-order chi connectivity index (χ1) is 12.0. The number of hydrazine groups is 1. The van der Waals surface area contributed by atoms with Gasteiger partial charge in [0.25, 0.3) is 5.91 Å². The van der Waals surface area contributed by atoms with Gasteiger partial charge in [-0.1, -0.05) is 35.9 Å². The zero-order chi connectivity index (χ0) is 18.1. The molecule has 25 heavy (non-hydrogen) atoms. The molecule has 3 N–H and O–H groups in total. The molecule has 132 valence electrons. The molecule has 0 saturated carbocycles. The van der Waals surface area contributed by atoms with Gasteiger partial charge < -0.3 is 10.1 Å². The minimum atomic E-state index is -0.316. The Morgan fingerprint density at radius 3 is 2.64 bits per heavy atom. The Hall–Kier alpha value is -2.31. The Labute approximate surface area is 157 Å². The highest BCUT2D eigenvalue weighted by atomic mass is 35.5. The zero-order valence-corrected chi connectivity index (χ0v) is 15.4. The molecule has 0 aromatic heterocycles. The quantitative estimate of drug-likeness (QED) is 0.533. The van der Waals surface area contributed by atoms with E-state index in [1.54, 1.807) is 6.07 Å². The number of hydrogen-bond acceptors (Lipinski definition) is 3. The van der Waals surface area contributed by atoms with Crippen LogP contribution in [0.4, 0.5) is 0 Å². The van der Waals surface area contributed by atoms with Crippen molar-refractivity contribution in [3.63, 3.8) is 0 Å². The average molecular weight is 378 g/mol. The van der Waals surface area contributed by atoms with Crippen LogP contribution in [0.2, 0.25) is 5.02 Å². The predicted molar refractivity (Wildman–Crippen MR) is 104 cm³/mol. The van der Waals surface area contributed by atoms with E-state index < -0.39 is 0 Å². The maximum absolute atomic E-state index is 11.7. The monoisotopic (exact) mass is 377 g/mol. The van der Waals surface area contributed by atoms with Crippen LogP contribution in [0.5, 0.6) is 5.75 Å². The van der Waals surface area contributed by atoms with E-state index in [1.807, 2.05) is 49.4 Å². The molecule has 0 saturated heterocycles. The molecule has 0 fully saturated rings. The summed E-state index contributed by atoms with van der Waals surface area (Å²) in [5.74, 6) is 0.335. The molecule has 2 aromatic carbocycles. The van der Waals surface area contributed by atoms with Crippen molar-refractivity contribution in [2.24, 2.45) is 0 Å². The number of benzene rings is 2. The summed E-state index contributed by atoms with van der Waals surface area (Å²) >= 11 is 10.9. The third-order valence-electron chi connectivity index (χ3n) is 3.29.